The fourth-order valence-electron chi connectivity index (χ4n) is 1.12. The smallest absolute Gasteiger partial charge is 0.243 e. The molecule has 0 aliphatic rings. The molecule has 1 aromatic rings. The summed E-state index contributed by atoms with van der Waals surface area (Å²) < 4.78 is 25.1. The second-order valence-corrected chi connectivity index (χ2v) is 6.69. The molecule has 0 atom stereocenters. The quantitative estimate of drug-likeness (QED) is 0.862. The van der Waals surface area contributed by atoms with Crippen LogP contribution >= 0.6 is 35.4 Å². The second-order valence-electron chi connectivity index (χ2n) is 3.30. The van der Waals surface area contributed by atoms with Gasteiger partial charge in [0.05, 0.1) is 26.5 Å². The predicted molar refractivity (Wildman–Crippen MR) is 73.1 cm³/mol. The van der Waals surface area contributed by atoms with Crippen LogP contribution in [-0.2, 0) is 10.0 Å². The molecule has 0 aliphatic heterocycles. The number of thiocarbonyl (C=S) groups is 1. The number of sulfonamides is 1. The van der Waals surface area contributed by atoms with Crippen LogP contribution in [-0.4, -0.2) is 31.3 Å². The normalized spacial score (nSPS) is 11.8. The fraction of sp³-hybridized carbons (Fsp3) is 0.222. The summed E-state index contributed by atoms with van der Waals surface area (Å²) in [6, 6.07) is 4.08. The van der Waals surface area contributed by atoms with Gasteiger partial charge >= 0.3 is 0 Å². The summed E-state index contributed by atoms with van der Waals surface area (Å²) in [7, 11) is -2.26. The lowest BCUT2D eigenvalue weighted by molar-refractivity contribution is 0.506. The molecular formula is C9H10Cl2N2O2S2. The first-order valence-corrected chi connectivity index (χ1v) is 7.05. The van der Waals surface area contributed by atoms with Gasteiger partial charge < -0.3 is 5.73 Å². The molecule has 0 aromatic heterocycles. The van der Waals surface area contributed by atoms with E-state index in [0.29, 0.717) is 5.02 Å². The van der Waals surface area contributed by atoms with Crippen LogP contribution in [0.1, 0.15) is 0 Å². The van der Waals surface area contributed by atoms with Gasteiger partial charge in [0.15, 0.2) is 0 Å². The Labute approximate surface area is 115 Å². The van der Waals surface area contributed by atoms with E-state index in [-0.39, 0.29) is 21.5 Å². The summed E-state index contributed by atoms with van der Waals surface area (Å²) in [5.41, 5.74) is 5.30. The van der Waals surface area contributed by atoms with E-state index in [0.717, 1.165) is 4.31 Å². The van der Waals surface area contributed by atoms with Crippen LogP contribution in [0.2, 0.25) is 10.0 Å². The zero-order chi connectivity index (χ0) is 13.2. The number of rotatable bonds is 4. The summed E-state index contributed by atoms with van der Waals surface area (Å²) in [6.45, 7) is -0.0298. The summed E-state index contributed by atoms with van der Waals surface area (Å²) >= 11 is 16.1. The first kappa shape index (κ1) is 14.7. The number of hydrogen-bond acceptors (Lipinski definition) is 3. The largest absolute Gasteiger partial charge is 0.392 e. The number of nitrogens with zero attached hydrogens (tertiary/aromatic N) is 1. The van der Waals surface area contributed by atoms with Crippen molar-refractivity contribution in [3.8, 4) is 0 Å². The van der Waals surface area contributed by atoms with Crippen molar-refractivity contribution in [1.82, 2.24) is 4.31 Å². The Hall–Kier alpha value is -0.400. The zero-order valence-corrected chi connectivity index (χ0v) is 12.0. The van der Waals surface area contributed by atoms with E-state index < -0.39 is 10.0 Å². The van der Waals surface area contributed by atoms with Crippen molar-refractivity contribution in [3.05, 3.63) is 28.2 Å². The third-order valence-electron chi connectivity index (χ3n) is 1.98. The first-order valence-electron chi connectivity index (χ1n) is 4.45. The molecule has 0 fully saturated rings. The van der Waals surface area contributed by atoms with Crippen LogP contribution in [0.5, 0.6) is 0 Å². The van der Waals surface area contributed by atoms with Crippen molar-refractivity contribution in [1.29, 1.82) is 0 Å². The fourth-order valence-corrected chi connectivity index (χ4v) is 2.94. The van der Waals surface area contributed by atoms with Crippen molar-refractivity contribution >= 4 is 50.4 Å². The predicted octanol–water partition coefficient (Wildman–Crippen LogP) is 1.90. The standard InChI is InChI=1S/C9H10Cl2N2O2S2/c1-13(5-9(12)16)17(14,15)6-2-3-7(10)8(11)4-6/h2-4H,5H2,1H3,(H2,12,16). The minimum atomic E-state index is -3.65. The van der Waals surface area contributed by atoms with E-state index in [1.807, 2.05) is 0 Å². The number of nitrogens with two attached hydrogens (primary N) is 1. The molecule has 2 N–H and O–H groups in total. The highest BCUT2D eigenvalue weighted by Gasteiger charge is 2.21. The zero-order valence-electron chi connectivity index (χ0n) is 8.85. The van der Waals surface area contributed by atoms with Crippen LogP contribution in [0.4, 0.5) is 0 Å². The van der Waals surface area contributed by atoms with Crippen LogP contribution in [0.25, 0.3) is 0 Å². The Morgan fingerprint density at radius 1 is 1.41 bits per heavy atom. The van der Waals surface area contributed by atoms with E-state index >= 15 is 0 Å². The average molecular weight is 313 g/mol. The lowest BCUT2D eigenvalue weighted by Crippen LogP contribution is -2.34. The van der Waals surface area contributed by atoms with E-state index in [4.69, 9.17) is 28.9 Å². The molecule has 0 bridgehead atoms. The molecule has 94 valence electrons. The molecular weight excluding hydrogens is 303 g/mol. The van der Waals surface area contributed by atoms with E-state index in [1.54, 1.807) is 0 Å². The van der Waals surface area contributed by atoms with Crippen LogP contribution in [0.3, 0.4) is 0 Å². The minimum absolute atomic E-state index is 0.0298. The van der Waals surface area contributed by atoms with E-state index in [1.165, 1.54) is 25.2 Å². The van der Waals surface area contributed by atoms with Gasteiger partial charge in [0.25, 0.3) is 0 Å². The Balaban J connectivity index is 3.13. The maximum absolute atomic E-state index is 12.0. The van der Waals surface area contributed by atoms with Gasteiger partial charge in [0.1, 0.15) is 0 Å². The van der Waals surface area contributed by atoms with Gasteiger partial charge in [-0.1, -0.05) is 35.4 Å². The number of hydrogen-bond donors (Lipinski definition) is 1. The Morgan fingerprint density at radius 2 is 2.00 bits per heavy atom. The molecule has 0 amide bonds. The maximum Gasteiger partial charge on any atom is 0.243 e. The Kier molecular flexibility index (Phi) is 4.74. The Morgan fingerprint density at radius 3 is 2.47 bits per heavy atom. The molecule has 0 unspecified atom stereocenters. The van der Waals surface area contributed by atoms with Crippen LogP contribution < -0.4 is 5.73 Å². The molecule has 0 spiro atoms. The summed E-state index contributed by atoms with van der Waals surface area (Å²) in [5, 5.41) is 0.471. The van der Waals surface area contributed by atoms with Gasteiger partial charge in [0.2, 0.25) is 10.0 Å². The maximum atomic E-state index is 12.0. The van der Waals surface area contributed by atoms with Gasteiger partial charge in [-0.2, -0.15) is 4.31 Å². The van der Waals surface area contributed by atoms with Gasteiger partial charge in [-0.3, -0.25) is 0 Å². The van der Waals surface area contributed by atoms with Crippen molar-refractivity contribution in [3.63, 3.8) is 0 Å². The summed E-state index contributed by atoms with van der Waals surface area (Å²) in [4.78, 5) is 0.141. The molecule has 8 heteroatoms. The number of benzene rings is 1. The molecule has 17 heavy (non-hydrogen) atoms. The molecule has 0 heterocycles. The van der Waals surface area contributed by atoms with Crippen molar-refractivity contribution in [2.45, 2.75) is 4.90 Å². The number of likely N-dealkylation sites (N-methyl/N-ethyl adjacent to an activating group) is 1. The van der Waals surface area contributed by atoms with Crippen molar-refractivity contribution in [2.24, 2.45) is 5.73 Å². The highest BCUT2D eigenvalue weighted by Crippen LogP contribution is 2.26. The average Bonchev–Trinajstić information content (AvgIpc) is 2.20. The molecule has 4 nitrogen and oxygen atoms in total. The Bertz CT molecular complexity index is 546. The minimum Gasteiger partial charge on any atom is -0.392 e. The highest BCUT2D eigenvalue weighted by molar-refractivity contribution is 7.89. The third-order valence-corrected chi connectivity index (χ3v) is 4.65. The molecule has 0 saturated heterocycles. The summed E-state index contributed by atoms with van der Waals surface area (Å²) in [5.74, 6) is 0. The van der Waals surface area contributed by atoms with Gasteiger partial charge in [-0.15, -0.1) is 0 Å². The SMILES string of the molecule is CN(CC(N)=S)S(=O)(=O)c1ccc(Cl)c(Cl)c1. The summed E-state index contributed by atoms with van der Waals surface area (Å²) in [6.07, 6.45) is 0. The van der Waals surface area contributed by atoms with Crippen LogP contribution in [0.15, 0.2) is 23.1 Å². The third kappa shape index (κ3) is 3.53. The van der Waals surface area contributed by atoms with Crippen LogP contribution in [0, 0.1) is 0 Å². The van der Waals surface area contributed by atoms with Crippen molar-refractivity contribution in [2.75, 3.05) is 13.6 Å². The van der Waals surface area contributed by atoms with Gasteiger partial charge in [0, 0.05) is 7.05 Å². The molecule has 1 rings (SSSR count). The van der Waals surface area contributed by atoms with Crippen molar-refractivity contribution < 1.29 is 8.42 Å². The second kappa shape index (κ2) is 5.49. The monoisotopic (exact) mass is 312 g/mol. The number of halogens is 2. The highest BCUT2D eigenvalue weighted by atomic mass is 35.5. The van der Waals surface area contributed by atoms with Gasteiger partial charge in [-0.25, -0.2) is 8.42 Å². The molecule has 0 saturated carbocycles. The van der Waals surface area contributed by atoms with E-state index in [2.05, 4.69) is 12.2 Å². The molecule has 0 aliphatic carbocycles. The first-order chi connectivity index (χ1) is 7.75. The van der Waals surface area contributed by atoms with Gasteiger partial charge in [-0.05, 0) is 18.2 Å². The molecule has 1 aromatic carbocycles. The van der Waals surface area contributed by atoms with E-state index in [9.17, 15) is 8.42 Å². The lowest BCUT2D eigenvalue weighted by Gasteiger charge is -2.16. The lowest BCUT2D eigenvalue weighted by atomic mass is 10.4. The topological polar surface area (TPSA) is 63.4 Å². The molecule has 0 radical (unpaired) electrons.